The zero-order valence-corrected chi connectivity index (χ0v) is 14.1. The summed E-state index contributed by atoms with van der Waals surface area (Å²) in [5.74, 6) is 0.833. The standard InChI is InChI=1S/C15H20FN3.HI/c1-19-10-9-17-14(19)18-11-15(7-2-8-15)12-3-5-13(16)6-4-12;/h3-6H,2,7-11H2,1H3,(H,17,18);1H. The summed E-state index contributed by atoms with van der Waals surface area (Å²) in [4.78, 5) is 6.61. The van der Waals surface area contributed by atoms with E-state index in [4.69, 9.17) is 0 Å². The molecule has 0 atom stereocenters. The Morgan fingerprint density at radius 2 is 2.00 bits per heavy atom. The summed E-state index contributed by atoms with van der Waals surface area (Å²) in [6, 6.07) is 6.98. The molecule has 20 heavy (non-hydrogen) atoms. The van der Waals surface area contributed by atoms with Gasteiger partial charge < -0.3 is 10.2 Å². The summed E-state index contributed by atoms with van der Waals surface area (Å²) in [7, 11) is 2.06. The Morgan fingerprint density at radius 1 is 1.30 bits per heavy atom. The Bertz CT molecular complexity index is 482. The van der Waals surface area contributed by atoms with Gasteiger partial charge in [0.2, 0.25) is 0 Å². The Hall–Kier alpha value is -0.850. The van der Waals surface area contributed by atoms with Crippen molar-refractivity contribution in [1.82, 2.24) is 10.2 Å². The highest BCUT2D eigenvalue weighted by atomic mass is 127. The minimum absolute atomic E-state index is 0. The molecule has 0 amide bonds. The van der Waals surface area contributed by atoms with Crippen molar-refractivity contribution in [3.8, 4) is 0 Å². The highest BCUT2D eigenvalue weighted by molar-refractivity contribution is 14.0. The van der Waals surface area contributed by atoms with Crippen LogP contribution in [0.25, 0.3) is 0 Å². The van der Waals surface area contributed by atoms with E-state index in [1.165, 1.54) is 24.8 Å². The average molecular weight is 389 g/mol. The number of halogens is 2. The molecule has 1 N–H and O–H groups in total. The molecule has 3 rings (SSSR count). The minimum Gasteiger partial charge on any atom is -0.355 e. The van der Waals surface area contributed by atoms with Crippen LogP contribution in [0.4, 0.5) is 4.39 Å². The number of hydrogen-bond acceptors (Lipinski definition) is 3. The second-order valence-corrected chi connectivity index (χ2v) is 5.62. The van der Waals surface area contributed by atoms with Crippen LogP contribution >= 0.6 is 24.0 Å². The van der Waals surface area contributed by atoms with Crippen LogP contribution in [0.15, 0.2) is 29.3 Å². The van der Waals surface area contributed by atoms with Gasteiger partial charge in [0.05, 0.1) is 6.54 Å². The normalized spacial score (nSPS) is 19.9. The summed E-state index contributed by atoms with van der Waals surface area (Å²) in [6.07, 6.45) is 3.59. The second-order valence-electron chi connectivity index (χ2n) is 5.62. The van der Waals surface area contributed by atoms with Gasteiger partial charge in [-0.2, -0.15) is 0 Å². The fourth-order valence-electron chi connectivity index (χ4n) is 2.95. The Morgan fingerprint density at radius 3 is 2.50 bits per heavy atom. The van der Waals surface area contributed by atoms with Crippen molar-refractivity contribution in [1.29, 1.82) is 0 Å². The van der Waals surface area contributed by atoms with Crippen molar-refractivity contribution >= 4 is 29.9 Å². The second kappa shape index (κ2) is 6.28. The number of hydrogen-bond donors (Lipinski definition) is 1. The van der Waals surface area contributed by atoms with E-state index in [-0.39, 0.29) is 35.2 Å². The molecule has 0 spiro atoms. The van der Waals surface area contributed by atoms with Gasteiger partial charge in [0.25, 0.3) is 0 Å². The third-order valence-electron chi connectivity index (χ3n) is 4.41. The van der Waals surface area contributed by atoms with E-state index in [1.54, 1.807) is 12.1 Å². The van der Waals surface area contributed by atoms with Gasteiger partial charge >= 0.3 is 0 Å². The van der Waals surface area contributed by atoms with Gasteiger partial charge in [-0.25, -0.2) is 4.39 Å². The first kappa shape index (κ1) is 15.5. The Balaban J connectivity index is 0.00000147. The van der Waals surface area contributed by atoms with E-state index in [1.807, 2.05) is 12.1 Å². The molecule has 0 saturated heterocycles. The number of guanidine groups is 1. The maximum Gasteiger partial charge on any atom is 0.193 e. The van der Waals surface area contributed by atoms with Crippen LogP contribution in [-0.2, 0) is 5.41 Å². The minimum atomic E-state index is -0.161. The predicted molar refractivity (Wildman–Crippen MR) is 90.3 cm³/mol. The van der Waals surface area contributed by atoms with Crippen molar-refractivity contribution in [2.45, 2.75) is 24.7 Å². The molecule has 2 aliphatic rings. The maximum atomic E-state index is 13.0. The summed E-state index contributed by atoms with van der Waals surface area (Å²) in [5.41, 5.74) is 1.41. The summed E-state index contributed by atoms with van der Waals surface area (Å²) in [6.45, 7) is 2.76. The lowest BCUT2D eigenvalue weighted by atomic mass is 9.64. The lowest BCUT2D eigenvalue weighted by molar-refractivity contribution is 0.242. The van der Waals surface area contributed by atoms with Crippen molar-refractivity contribution in [3.63, 3.8) is 0 Å². The number of nitrogens with zero attached hydrogens (tertiary/aromatic N) is 2. The van der Waals surface area contributed by atoms with Crippen LogP contribution in [0.5, 0.6) is 0 Å². The molecule has 110 valence electrons. The van der Waals surface area contributed by atoms with Gasteiger partial charge in [-0.3, -0.25) is 4.99 Å². The number of aliphatic imine (C=N–C) groups is 1. The van der Waals surface area contributed by atoms with E-state index in [9.17, 15) is 4.39 Å². The van der Waals surface area contributed by atoms with Gasteiger partial charge in [-0.15, -0.1) is 24.0 Å². The largest absolute Gasteiger partial charge is 0.355 e. The molecular weight excluding hydrogens is 368 g/mol. The Labute approximate surface area is 136 Å². The van der Waals surface area contributed by atoms with Crippen molar-refractivity contribution < 1.29 is 4.39 Å². The van der Waals surface area contributed by atoms with Crippen molar-refractivity contribution in [2.75, 3.05) is 26.7 Å². The van der Waals surface area contributed by atoms with E-state index in [2.05, 4.69) is 22.3 Å². The topological polar surface area (TPSA) is 27.6 Å². The van der Waals surface area contributed by atoms with Gasteiger partial charge in [0, 0.05) is 25.6 Å². The first-order valence-corrected chi connectivity index (χ1v) is 6.95. The molecular formula is C15H21FIN3. The third-order valence-corrected chi connectivity index (χ3v) is 4.41. The molecule has 0 aromatic heterocycles. The lowest BCUT2D eigenvalue weighted by Crippen LogP contribution is -2.48. The predicted octanol–water partition coefficient (Wildman–Crippen LogP) is 2.76. The highest BCUT2D eigenvalue weighted by Crippen LogP contribution is 2.43. The van der Waals surface area contributed by atoms with Crippen LogP contribution in [0.1, 0.15) is 24.8 Å². The fraction of sp³-hybridized carbons (Fsp3) is 0.533. The zero-order valence-electron chi connectivity index (χ0n) is 11.7. The number of likely N-dealkylation sites (N-methyl/N-ethyl adjacent to an activating group) is 1. The van der Waals surface area contributed by atoms with Crippen LogP contribution in [0.3, 0.4) is 0 Å². The molecule has 1 aromatic rings. The van der Waals surface area contributed by atoms with Crippen molar-refractivity contribution in [2.24, 2.45) is 4.99 Å². The molecule has 1 aromatic carbocycles. The van der Waals surface area contributed by atoms with Crippen LogP contribution in [-0.4, -0.2) is 37.5 Å². The van der Waals surface area contributed by atoms with Crippen LogP contribution in [0, 0.1) is 5.82 Å². The molecule has 0 radical (unpaired) electrons. The average Bonchev–Trinajstić information content (AvgIpc) is 2.76. The molecule has 5 heteroatoms. The molecule has 1 saturated carbocycles. The van der Waals surface area contributed by atoms with Gasteiger partial charge in [-0.05, 0) is 30.5 Å². The molecule has 1 fully saturated rings. The van der Waals surface area contributed by atoms with Gasteiger partial charge in [0.15, 0.2) is 5.96 Å². The summed E-state index contributed by atoms with van der Waals surface area (Å²) >= 11 is 0. The van der Waals surface area contributed by atoms with E-state index >= 15 is 0 Å². The summed E-state index contributed by atoms with van der Waals surface area (Å²) in [5, 5.41) is 3.47. The van der Waals surface area contributed by atoms with E-state index < -0.39 is 0 Å². The smallest absolute Gasteiger partial charge is 0.193 e. The van der Waals surface area contributed by atoms with Gasteiger partial charge in [0.1, 0.15) is 5.82 Å². The molecule has 0 unspecified atom stereocenters. The maximum absolute atomic E-state index is 13.0. The fourth-order valence-corrected chi connectivity index (χ4v) is 2.95. The lowest BCUT2D eigenvalue weighted by Gasteiger charge is -2.43. The van der Waals surface area contributed by atoms with Crippen LogP contribution < -0.4 is 5.32 Å². The Kier molecular flexibility index (Phi) is 4.88. The first-order valence-electron chi connectivity index (χ1n) is 6.95. The molecule has 3 nitrogen and oxygen atoms in total. The zero-order chi connectivity index (χ0) is 13.3. The van der Waals surface area contributed by atoms with Crippen LogP contribution in [0.2, 0.25) is 0 Å². The molecule has 0 bridgehead atoms. The van der Waals surface area contributed by atoms with Gasteiger partial charge in [-0.1, -0.05) is 18.6 Å². The number of benzene rings is 1. The SMILES string of the molecule is CN1CCN=C1NCC1(c2ccc(F)cc2)CCC1.I. The quantitative estimate of drug-likeness (QED) is 0.806. The third kappa shape index (κ3) is 2.92. The summed E-state index contributed by atoms with van der Waals surface area (Å²) < 4.78 is 13.0. The number of nitrogens with one attached hydrogen (secondary N) is 1. The highest BCUT2D eigenvalue weighted by Gasteiger charge is 2.38. The number of rotatable bonds is 3. The van der Waals surface area contributed by atoms with E-state index in [0.29, 0.717) is 0 Å². The van der Waals surface area contributed by atoms with Crippen molar-refractivity contribution in [3.05, 3.63) is 35.6 Å². The van der Waals surface area contributed by atoms with E-state index in [0.717, 1.165) is 25.6 Å². The molecule has 1 aliphatic carbocycles. The molecule has 1 aliphatic heterocycles. The monoisotopic (exact) mass is 389 g/mol. The first-order chi connectivity index (χ1) is 9.20. The molecule has 1 heterocycles.